The van der Waals surface area contributed by atoms with Crippen LogP contribution in [0.4, 0.5) is 5.00 Å². The summed E-state index contributed by atoms with van der Waals surface area (Å²) in [4.78, 5) is 14.1. The summed E-state index contributed by atoms with van der Waals surface area (Å²) in [5.41, 5.74) is 2.38. The number of amides is 1. The van der Waals surface area contributed by atoms with Crippen LogP contribution in [-0.4, -0.2) is 5.91 Å². The maximum absolute atomic E-state index is 12.9. The minimum atomic E-state index is -0.424. The molecule has 1 aromatic carbocycles. The molecule has 2 heterocycles. The van der Waals surface area contributed by atoms with Crippen molar-refractivity contribution in [2.24, 2.45) is 11.3 Å². The highest BCUT2D eigenvalue weighted by Gasteiger charge is 2.32. The van der Waals surface area contributed by atoms with E-state index in [1.807, 2.05) is 18.2 Å². The fourth-order valence-electron chi connectivity index (χ4n) is 3.95. The van der Waals surface area contributed by atoms with Gasteiger partial charge < -0.3 is 9.73 Å². The first-order valence-electron chi connectivity index (χ1n) is 9.71. The van der Waals surface area contributed by atoms with E-state index in [0.717, 1.165) is 30.2 Å². The molecule has 5 nitrogen and oxygen atoms in total. The van der Waals surface area contributed by atoms with Crippen molar-refractivity contribution >= 4 is 33.2 Å². The number of benzene rings is 1. The third kappa shape index (κ3) is 3.58. The molecule has 0 bridgehead atoms. The van der Waals surface area contributed by atoms with Crippen LogP contribution in [0.25, 0.3) is 11.0 Å². The predicted molar refractivity (Wildman–Crippen MR) is 114 cm³/mol. The van der Waals surface area contributed by atoms with E-state index in [1.165, 1.54) is 16.2 Å². The number of nitrogens with zero attached hydrogens (tertiary/aromatic N) is 1. The van der Waals surface area contributed by atoms with Crippen molar-refractivity contribution in [3.8, 4) is 6.07 Å². The summed E-state index contributed by atoms with van der Waals surface area (Å²) < 4.78 is 5.49. The fourth-order valence-corrected chi connectivity index (χ4v) is 5.22. The molecule has 0 spiro atoms. The van der Waals surface area contributed by atoms with Gasteiger partial charge in [0.15, 0.2) is 0 Å². The summed E-state index contributed by atoms with van der Waals surface area (Å²) in [6.07, 6.45) is 2.85. The van der Waals surface area contributed by atoms with Crippen molar-refractivity contribution < 1.29 is 9.21 Å². The van der Waals surface area contributed by atoms with Crippen LogP contribution in [0.3, 0.4) is 0 Å². The van der Waals surface area contributed by atoms with E-state index in [4.69, 9.17) is 9.83 Å². The molecule has 6 heteroatoms. The molecule has 1 atom stereocenters. The molecule has 0 fully saturated rings. The number of hydrogen-bond acceptors (Lipinski definition) is 5. The van der Waals surface area contributed by atoms with Gasteiger partial charge >= 0.3 is 0 Å². The van der Waals surface area contributed by atoms with Gasteiger partial charge in [-0.2, -0.15) is 5.26 Å². The minimum absolute atomic E-state index is 0.159. The zero-order chi connectivity index (χ0) is 20.8. The van der Waals surface area contributed by atoms with Gasteiger partial charge in [-0.15, -0.1) is 11.3 Å². The second-order valence-corrected chi connectivity index (χ2v) is 9.71. The molecule has 29 heavy (non-hydrogen) atoms. The van der Waals surface area contributed by atoms with Crippen LogP contribution < -0.4 is 10.9 Å². The molecule has 1 aliphatic rings. The highest BCUT2D eigenvalue weighted by Crippen LogP contribution is 2.44. The third-order valence-corrected chi connectivity index (χ3v) is 6.92. The molecule has 0 unspecified atom stereocenters. The lowest BCUT2D eigenvalue weighted by Crippen LogP contribution is -2.26. The maximum Gasteiger partial charge on any atom is 0.261 e. The Morgan fingerprint density at radius 1 is 1.34 bits per heavy atom. The zero-order valence-corrected chi connectivity index (χ0v) is 17.6. The number of carbonyl (C=O) groups excluding carboxylic acids is 1. The Hall–Kier alpha value is -2.91. The number of rotatable bonds is 2. The standard InChI is InChI=1S/C23H23N3O2S/c1-23(2,3)14-8-9-15-17(12-24)22(29-19(15)11-14)26-21(27)16-10-13-6-4-5-7-18(13)28-20(16)25/h4-7,10,14,25H,8-9,11H2,1-3H3,(H,26,27)/t14-/m0/s1. The molecule has 0 radical (unpaired) electrons. The van der Waals surface area contributed by atoms with Crippen LogP contribution in [0.15, 0.2) is 34.7 Å². The Labute approximate surface area is 173 Å². The smallest absolute Gasteiger partial charge is 0.261 e. The highest BCUT2D eigenvalue weighted by atomic mass is 32.1. The van der Waals surface area contributed by atoms with Crippen molar-refractivity contribution in [2.75, 3.05) is 5.32 Å². The van der Waals surface area contributed by atoms with Gasteiger partial charge in [0.2, 0.25) is 5.55 Å². The Morgan fingerprint density at radius 2 is 2.10 bits per heavy atom. The van der Waals surface area contributed by atoms with Crippen molar-refractivity contribution in [3.05, 3.63) is 57.5 Å². The normalized spacial score (nSPS) is 16.3. The molecule has 3 aromatic rings. The minimum Gasteiger partial charge on any atom is -0.438 e. The van der Waals surface area contributed by atoms with Gasteiger partial charge in [0.1, 0.15) is 22.2 Å². The van der Waals surface area contributed by atoms with E-state index in [0.29, 0.717) is 22.1 Å². The summed E-state index contributed by atoms with van der Waals surface area (Å²) in [5.74, 6) is 0.134. The predicted octanol–water partition coefficient (Wildman–Crippen LogP) is 5.25. The molecule has 2 aromatic heterocycles. The van der Waals surface area contributed by atoms with E-state index in [1.54, 1.807) is 12.1 Å². The van der Waals surface area contributed by atoms with Gasteiger partial charge in [-0.05, 0) is 48.3 Å². The van der Waals surface area contributed by atoms with Gasteiger partial charge in [0, 0.05) is 10.3 Å². The number of fused-ring (bicyclic) bond motifs is 2. The number of anilines is 1. The lowest BCUT2D eigenvalue weighted by Gasteiger charge is -2.33. The fraction of sp³-hybridized carbons (Fsp3) is 0.348. The van der Waals surface area contributed by atoms with Crippen molar-refractivity contribution in [2.45, 2.75) is 40.0 Å². The van der Waals surface area contributed by atoms with Gasteiger partial charge in [-0.25, -0.2) is 0 Å². The van der Waals surface area contributed by atoms with E-state index >= 15 is 0 Å². The Morgan fingerprint density at radius 3 is 2.83 bits per heavy atom. The Kier molecular flexibility index (Phi) is 4.79. The summed E-state index contributed by atoms with van der Waals surface area (Å²) in [6.45, 7) is 6.76. The van der Waals surface area contributed by atoms with E-state index < -0.39 is 5.91 Å². The molecule has 0 aliphatic heterocycles. The largest absolute Gasteiger partial charge is 0.438 e. The number of nitriles is 1. The van der Waals surface area contributed by atoms with Crippen LogP contribution >= 0.6 is 11.3 Å². The van der Waals surface area contributed by atoms with Crippen LogP contribution in [-0.2, 0) is 12.8 Å². The van der Waals surface area contributed by atoms with Crippen LogP contribution in [0.1, 0.15) is 53.6 Å². The van der Waals surface area contributed by atoms with E-state index in [9.17, 15) is 10.1 Å². The molecule has 0 saturated carbocycles. The molecule has 0 saturated heterocycles. The quantitative estimate of drug-likeness (QED) is 0.610. The van der Waals surface area contributed by atoms with Gasteiger partial charge in [0.25, 0.3) is 5.91 Å². The second kappa shape index (κ2) is 7.16. The molecule has 148 valence electrons. The number of thiophene rings is 1. The topological polar surface area (TPSA) is 89.9 Å². The Bertz CT molecular complexity index is 1210. The molecule has 1 aliphatic carbocycles. The second-order valence-electron chi connectivity index (χ2n) is 8.61. The van der Waals surface area contributed by atoms with Crippen molar-refractivity contribution in [1.82, 2.24) is 0 Å². The summed E-state index contributed by atoms with van der Waals surface area (Å²) >= 11 is 1.49. The van der Waals surface area contributed by atoms with Crippen molar-refractivity contribution in [1.29, 1.82) is 10.7 Å². The van der Waals surface area contributed by atoms with Gasteiger partial charge in [-0.1, -0.05) is 39.0 Å². The summed E-state index contributed by atoms with van der Waals surface area (Å²) in [7, 11) is 0. The number of nitrogens with one attached hydrogen (secondary N) is 2. The number of hydrogen-bond donors (Lipinski definition) is 2. The third-order valence-electron chi connectivity index (χ3n) is 5.75. The molecular formula is C23H23N3O2S. The zero-order valence-electron chi connectivity index (χ0n) is 16.8. The molecule has 1 amide bonds. The molecule has 4 rings (SSSR count). The van der Waals surface area contributed by atoms with Crippen LogP contribution in [0, 0.1) is 28.1 Å². The Balaban J connectivity index is 1.66. The number of para-hydroxylation sites is 1. The van der Waals surface area contributed by atoms with E-state index in [-0.39, 0.29) is 16.5 Å². The van der Waals surface area contributed by atoms with Crippen LogP contribution in [0.2, 0.25) is 0 Å². The summed E-state index contributed by atoms with van der Waals surface area (Å²) in [5, 5.41) is 22.0. The first kappa shape index (κ1) is 19.4. The molecule has 2 N–H and O–H groups in total. The summed E-state index contributed by atoms with van der Waals surface area (Å²) in [6, 6.07) is 11.2. The highest BCUT2D eigenvalue weighted by molar-refractivity contribution is 7.16. The SMILES string of the molecule is CC(C)(C)[C@H]1CCc2c(sc(NC(=O)c3cc4ccccc4oc3=N)c2C#N)C1. The monoisotopic (exact) mass is 405 g/mol. The average Bonchev–Trinajstić information content (AvgIpc) is 3.02. The lowest BCUT2D eigenvalue weighted by molar-refractivity contribution is 0.102. The first-order valence-corrected chi connectivity index (χ1v) is 10.5. The van der Waals surface area contributed by atoms with Gasteiger partial charge in [-0.3, -0.25) is 10.2 Å². The van der Waals surface area contributed by atoms with E-state index in [2.05, 4.69) is 32.2 Å². The number of carbonyl (C=O) groups is 1. The first-order chi connectivity index (χ1) is 13.8. The molecular weight excluding hydrogens is 382 g/mol. The maximum atomic E-state index is 12.9. The van der Waals surface area contributed by atoms with Crippen LogP contribution in [0.5, 0.6) is 0 Å². The average molecular weight is 406 g/mol. The van der Waals surface area contributed by atoms with Crippen molar-refractivity contribution in [3.63, 3.8) is 0 Å². The lowest BCUT2D eigenvalue weighted by atomic mass is 9.72. The van der Waals surface area contributed by atoms with Gasteiger partial charge in [0.05, 0.1) is 5.56 Å².